The summed E-state index contributed by atoms with van der Waals surface area (Å²) >= 11 is 0. The van der Waals surface area contributed by atoms with Gasteiger partial charge in [-0.15, -0.1) is 0 Å². The third kappa shape index (κ3) is 5.19. The summed E-state index contributed by atoms with van der Waals surface area (Å²) in [4.78, 5) is 12.8. The average molecular weight is 498 g/mol. The second-order valence-corrected chi connectivity index (χ2v) is 11.5. The van der Waals surface area contributed by atoms with Crippen molar-refractivity contribution in [3.05, 3.63) is 90.1 Å². The highest BCUT2D eigenvalue weighted by Crippen LogP contribution is 2.28. The molecule has 1 aromatic heterocycles. The highest BCUT2D eigenvalue weighted by atomic mass is 32.2. The number of sulfonamides is 1. The zero-order valence-electron chi connectivity index (χ0n) is 18.3. The molecule has 3 aromatic carbocycles. The van der Waals surface area contributed by atoms with Crippen molar-refractivity contribution in [2.75, 3.05) is 5.32 Å². The normalized spacial score (nSPS) is 12.1. The first-order chi connectivity index (χ1) is 16.0. The summed E-state index contributed by atoms with van der Waals surface area (Å²) in [5, 5.41) is 8.31. The van der Waals surface area contributed by atoms with Gasteiger partial charge in [0.2, 0.25) is 15.9 Å². The van der Waals surface area contributed by atoms with Crippen LogP contribution in [0.3, 0.4) is 0 Å². The van der Waals surface area contributed by atoms with Gasteiger partial charge in [-0.3, -0.25) is 4.79 Å². The van der Waals surface area contributed by atoms with Crippen molar-refractivity contribution in [3.8, 4) is 0 Å². The first-order valence-corrected chi connectivity index (χ1v) is 13.5. The molecule has 0 aliphatic heterocycles. The molecule has 4 aromatic rings. The minimum Gasteiger partial charge on any atom is -0.337 e. The van der Waals surface area contributed by atoms with E-state index in [-0.39, 0.29) is 22.1 Å². The zero-order valence-corrected chi connectivity index (χ0v) is 19.9. The van der Waals surface area contributed by atoms with Crippen LogP contribution in [0.25, 0.3) is 10.9 Å². The predicted octanol–water partition coefficient (Wildman–Crippen LogP) is 3.21. The first kappa shape index (κ1) is 23.7. The molecule has 4 rings (SSSR count). The number of carbonyl (C=O) groups is 1. The van der Waals surface area contributed by atoms with E-state index in [2.05, 4.69) is 5.32 Å². The fourth-order valence-electron chi connectivity index (χ4n) is 3.66. The van der Waals surface area contributed by atoms with Crippen molar-refractivity contribution in [1.29, 1.82) is 0 Å². The Labute approximate surface area is 198 Å². The van der Waals surface area contributed by atoms with Crippen LogP contribution in [0.1, 0.15) is 11.1 Å². The Morgan fingerprint density at radius 1 is 0.912 bits per heavy atom. The van der Waals surface area contributed by atoms with Gasteiger partial charge in [0, 0.05) is 22.8 Å². The van der Waals surface area contributed by atoms with Crippen molar-refractivity contribution in [1.82, 2.24) is 4.57 Å². The minimum absolute atomic E-state index is 0.0645. The monoisotopic (exact) mass is 497 g/mol. The Balaban J connectivity index is 1.59. The molecule has 0 saturated heterocycles. The van der Waals surface area contributed by atoms with E-state index in [0.29, 0.717) is 22.2 Å². The van der Waals surface area contributed by atoms with E-state index in [4.69, 9.17) is 5.14 Å². The SMILES string of the molecule is Cc1ccc(CS(=O)(=O)c2cn(CC(=O)Nc3ccc(S(N)(=O)=O)cc3)c3ccccc23)cc1. The van der Waals surface area contributed by atoms with Crippen LogP contribution < -0.4 is 10.5 Å². The quantitative estimate of drug-likeness (QED) is 0.405. The summed E-state index contributed by atoms with van der Waals surface area (Å²) in [7, 11) is -7.50. The predicted molar refractivity (Wildman–Crippen MR) is 130 cm³/mol. The first-order valence-electron chi connectivity index (χ1n) is 10.3. The van der Waals surface area contributed by atoms with E-state index in [1.165, 1.54) is 30.5 Å². The van der Waals surface area contributed by atoms with Crippen LogP contribution in [0, 0.1) is 6.92 Å². The number of anilines is 1. The van der Waals surface area contributed by atoms with Crippen molar-refractivity contribution in [2.24, 2.45) is 5.14 Å². The number of sulfone groups is 1. The van der Waals surface area contributed by atoms with Crippen LogP contribution in [-0.4, -0.2) is 27.3 Å². The van der Waals surface area contributed by atoms with Gasteiger partial charge in [0.05, 0.1) is 15.5 Å². The smallest absolute Gasteiger partial charge is 0.244 e. The number of aromatic nitrogens is 1. The van der Waals surface area contributed by atoms with Crippen LogP contribution in [0.5, 0.6) is 0 Å². The molecular formula is C24H23N3O5S2. The molecule has 1 amide bonds. The summed E-state index contributed by atoms with van der Waals surface area (Å²) < 4.78 is 50.8. The van der Waals surface area contributed by atoms with E-state index in [0.717, 1.165) is 5.56 Å². The van der Waals surface area contributed by atoms with Gasteiger partial charge in [-0.2, -0.15) is 0 Å². The average Bonchev–Trinajstić information content (AvgIpc) is 3.14. The molecule has 3 N–H and O–H groups in total. The van der Waals surface area contributed by atoms with E-state index in [1.807, 2.05) is 19.1 Å². The minimum atomic E-state index is -3.83. The molecule has 10 heteroatoms. The number of para-hydroxylation sites is 1. The lowest BCUT2D eigenvalue weighted by Gasteiger charge is -2.08. The molecule has 0 radical (unpaired) electrons. The Morgan fingerprint density at radius 2 is 1.56 bits per heavy atom. The van der Waals surface area contributed by atoms with Gasteiger partial charge in [-0.25, -0.2) is 22.0 Å². The molecule has 0 spiro atoms. The number of carbonyl (C=O) groups excluding carboxylic acids is 1. The molecule has 8 nitrogen and oxygen atoms in total. The highest BCUT2D eigenvalue weighted by molar-refractivity contribution is 7.91. The largest absolute Gasteiger partial charge is 0.337 e. The van der Waals surface area contributed by atoms with Crippen molar-refractivity contribution < 1.29 is 21.6 Å². The van der Waals surface area contributed by atoms with Gasteiger partial charge in [0.1, 0.15) is 6.54 Å². The Morgan fingerprint density at radius 3 is 2.21 bits per heavy atom. The van der Waals surface area contributed by atoms with Crippen LogP contribution in [-0.2, 0) is 37.0 Å². The van der Waals surface area contributed by atoms with Gasteiger partial charge in [0.15, 0.2) is 9.84 Å². The van der Waals surface area contributed by atoms with Crippen LogP contribution >= 0.6 is 0 Å². The number of aryl methyl sites for hydroxylation is 1. The maximum atomic E-state index is 13.2. The number of nitrogens with two attached hydrogens (primary N) is 1. The molecule has 34 heavy (non-hydrogen) atoms. The summed E-state index contributed by atoms with van der Waals surface area (Å²) in [6, 6.07) is 19.8. The van der Waals surface area contributed by atoms with Crippen LogP contribution in [0.4, 0.5) is 5.69 Å². The summed E-state index contributed by atoms with van der Waals surface area (Å²) in [6.07, 6.45) is 1.48. The van der Waals surface area contributed by atoms with Gasteiger partial charge in [0.25, 0.3) is 0 Å². The van der Waals surface area contributed by atoms with E-state index < -0.39 is 25.8 Å². The fraction of sp³-hybridized carbons (Fsp3) is 0.125. The third-order valence-corrected chi connectivity index (χ3v) is 7.98. The number of fused-ring (bicyclic) bond motifs is 1. The van der Waals surface area contributed by atoms with E-state index in [9.17, 15) is 21.6 Å². The number of nitrogens with one attached hydrogen (secondary N) is 1. The van der Waals surface area contributed by atoms with Gasteiger partial charge in [-0.1, -0.05) is 48.0 Å². The molecule has 176 valence electrons. The van der Waals surface area contributed by atoms with Crippen LogP contribution in [0.15, 0.2) is 88.8 Å². The van der Waals surface area contributed by atoms with E-state index >= 15 is 0 Å². The maximum Gasteiger partial charge on any atom is 0.244 e. The molecule has 0 bridgehead atoms. The number of rotatable bonds is 7. The number of amides is 1. The molecular weight excluding hydrogens is 474 g/mol. The van der Waals surface area contributed by atoms with Crippen LogP contribution in [0.2, 0.25) is 0 Å². The highest BCUT2D eigenvalue weighted by Gasteiger charge is 2.22. The van der Waals surface area contributed by atoms with Gasteiger partial charge < -0.3 is 9.88 Å². The topological polar surface area (TPSA) is 128 Å². The third-order valence-electron chi connectivity index (χ3n) is 5.34. The Hall–Kier alpha value is -3.47. The molecule has 0 atom stereocenters. The summed E-state index contributed by atoms with van der Waals surface area (Å²) in [5.74, 6) is -0.546. The van der Waals surface area contributed by atoms with Crippen molar-refractivity contribution >= 4 is 42.4 Å². The second kappa shape index (κ2) is 9.05. The van der Waals surface area contributed by atoms with Crippen molar-refractivity contribution in [2.45, 2.75) is 29.0 Å². The Kier molecular flexibility index (Phi) is 6.30. The number of hydrogen-bond donors (Lipinski definition) is 2. The molecule has 0 fully saturated rings. The van der Waals surface area contributed by atoms with Gasteiger partial charge in [-0.05, 0) is 42.8 Å². The standard InChI is InChI=1S/C24H23N3O5S2/c1-17-6-8-18(9-7-17)16-33(29,30)23-14-27(22-5-3-2-4-21(22)23)15-24(28)26-19-10-12-20(13-11-19)34(25,31)32/h2-14H,15-16H2,1H3,(H,26,28)(H2,25,31,32). The zero-order chi connectivity index (χ0) is 24.5. The Bertz CT molecular complexity index is 1570. The molecule has 0 aliphatic rings. The molecule has 0 unspecified atom stereocenters. The summed E-state index contributed by atoms with van der Waals surface area (Å²) in [6.45, 7) is 1.81. The number of hydrogen-bond acceptors (Lipinski definition) is 5. The maximum absolute atomic E-state index is 13.2. The lowest BCUT2D eigenvalue weighted by Crippen LogP contribution is -2.18. The number of primary sulfonamides is 1. The lowest BCUT2D eigenvalue weighted by atomic mass is 10.2. The number of benzene rings is 3. The second-order valence-electron chi connectivity index (χ2n) is 8.00. The van der Waals surface area contributed by atoms with Crippen molar-refractivity contribution in [3.63, 3.8) is 0 Å². The van der Waals surface area contributed by atoms with Gasteiger partial charge >= 0.3 is 0 Å². The molecule has 0 aliphatic carbocycles. The fourth-order valence-corrected chi connectivity index (χ4v) is 5.75. The number of nitrogens with zero attached hydrogens (tertiary/aromatic N) is 1. The van der Waals surface area contributed by atoms with E-state index in [1.54, 1.807) is 41.0 Å². The lowest BCUT2D eigenvalue weighted by molar-refractivity contribution is -0.116. The molecule has 1 heterocycles. The molecule has 0 saturated carbocycles. The summed E-state index contributed by atoms with van der Waals surface area (Å²) in [5.41, 5.74) is 2.73.